The monoisotopic (exact) mass is 586 g/mol. The summed E-state index contributed by atoms with van der Waals surface area (Å²) >= 11 is 0. The van der Waals surface area contributed by atoms with Crippen molar-refractivity contribution in [3.63, 3.8) is 0 Å². The third kappa shape index (κ3) is 3.96. The van der Waals surface area contributed by atoms with E-state index < -0.39 is 0 Å². The first kappa shape index (κ1) is 26.0. The molecule has 46 heavy (non-hydrogen) atoms. The smallest absolute Gasteiger partial charge is 0.0998 e. The fourth-order valence-corrected chi connectivity index (χ4v) is 6.96. The van der Waals surface area contributed by atoms with Gasteiger partial charge in [0.25, 0.3) is 0 Å². The molecule has 0 aliphatic heterocycles. The van der Waals surface area contributed by atoms with Crippen molar-refractivity contribution >= 4 is 43.6 Å². The van der Waals surface area contributed by atoms with Crippen LogP contribution in [0, 0.1) is 11.3 Å². The minimum atomic E-state index is 0.642. The summed E-state index contributed by atoms with van der Waals surface area (Å²) in [5.41, 5.74) is 11.2. The van der Waals surface area contributed by atoms with Crippen molar-refractivity contribution in [1.82, 2.24) is 14.1 Å². The molecule has 3 heterocycles. The maximum absolute atomic E-state index is 10.2. The summed E-state index contributed by atoms with van der Waals surface area (Å²) in [5.74, 6) is 0. The number of fused-ring (bicyclic) bond motifs is 6. The van der Waals surface area contributed by atoms with Crippen LogP contribution in [0.25, 0.3) is 77.4 Å². The van der Waals surface area contributed by atoms with E-state index in [1.165, 1.54) is 21.5 Å². The molecule has 0 fully saturated rings. The van der Waals surface area contributed by atoms with Crippen molar-refractivity contribution in [2.45, 2.75) is 0 Å². The second-order valence-corrected chi connectivity index (χ2v) is 11.6. The van der Waals surface area contributed by atoms with E-state index in [1.807, 2.05) is 30.5 Å². The number of nitriles is 1. The van der Waals surface area contributed by atoms with E-state index in [2.05, 4.69) is 148 Å². The molecule has 4 heteroatoms. The van der Waals surface area contributed by atoms with E-state index in [9.17, 15) is 5.26 Å². The van der Waals surface area contributed by atoms with Crippen LogP contribution >= 0.6 is 0 Å². The summed E-state index contributed by atoms with van der Waals surface area (Å²) in [5, 5.41) is 15.0. The summed E-state index contributed by atoms with van der Waals surface area (Å²) in [7, 11) is 0. The molecule has 0 aliphatic rings. The minimum Gasteiger partial charge on any atom is -0.309 e. The molecular formula is C42H26N4. The SMILES string of the molecule is N#Cc1ccc(-n2c3ccccc3c3ccccc32)cc1-c1cccc(-n2c3ccccc3c3cc(-c4ccccn4)ccc32)c1. The number of aromatic nitrogens is 3. The molecule has 0 radical (unpaired) electrons. The number of rotatable bonds is 4. The highest BCUT2D eigenvalue weighted by Gasteiger charge is 2.17. The van der Waals surface area contributed by atoms with Crippen molar-refractivity contribution in [3.8, 4) is 39.8 Å². The van der Waals surface area contributed by atoms with Crippen molar-refractivity contribution in [2.24, 2.45) is 0 Å². The standard InChI is InChI=1S/C42H26N4/c43-27-30-19-21-32(46-39-16-4-1-12-33(39)34-13-2-5-17-40(34)46)26-36(30)28-10-9-11-31(24-28)45-41-18-6-3-14-35(41)37-25-29(20-22-42(37)45)38-15-7-8-23-44-38/h1-26H. The summed E-state index contributed by atoms with van der Waals surface area (Å²) in [6.07, 6.45) is 1.83. The molecule has 214 valence electrons. The Labute approximate surface area is 265 Å². The molecule has 0 amide bonds. The predicted molar refractivity (Wildman–Crippen MR) is 189 cm³/mol. The van der Waals surface area contributed by atoms with Gasteiger partial charge in [0, 0.05) is 50.2 Å². The third-order valence-corrected chi connectivity index (χ3v) is 9.01. The van der Waals surface area contributed by atoms with Crippen LogP contribution < -0.4 is 0 Å². The highest BCUT2D eigenvalue weighted by molar-refractivity contribution is 6.11. The number of nitrogens with zero attached hydrogens (tertiary/aromatic N) is 4. The maximum Gasteiger partial charge on any atom is 0.0998 e. The van der Waals surface area contributed by atoms with Crippen LogP contribution in [0.4, 0.5) is 0 Å². The summed E-state index contributed by atoms with van der Waals surface area (Å²) in [6, 6.07) is 55.3. The van der Waals surface area contributed by atoms with Crippen LogP contribution in [0.5, 0.6) is 0 Å². The first-order chi connectivity index (χ1) is 22.8. The molecule has 6 aromatic carbocycles. The van der Waals surface area contributed by atoms with Crippen LogP contribution in [0.2, 0.25) is 0 Å². The normalized spacial score (nSPS) is 11.5. The minimum absolute atomic E-state index is 0.642. The second kappa shape index (κ2) is 10.3. The molecule has 0 N–H and O–H groups in total. The Kier molecular flexibility index (Phi) is 5.84. The number of pyridine rings is 1. The van der Waals surface area contributed by atoms with E-state index in [1.54, 1.807) is 0 Å². The van der Waals surface area contributed by atoms with Gasteiger partial charge in [0.05, 0.1) is 39.4 Å². The molecule has 0 aliphatic carbocycles. The molecule has 0 bridgehead atoms. The van der Waals surface area contributed by atoms with Crippen molar-refractivity contribution < 1.29 is 0 Å². The zero-order chi connectivity index (χ0) is 30.6. The van der Waals surface area contributed by atoms with E-state index in [4.69, 9.17) is 0 Å². The van der Waals surface area contributed by atoms with Gasteiger partial charge in [-0.3, -0.25) is 4.98 Å². The van der Waals surface area contributed by atoms with Gasteiger partial charge >= 0.3 is 0 Å². The van der Waals surface area contributed by atoms with Gasteiger partial charge in [0.15, 0.2) is 0 Å². The first-order valence-electron chi connectivity index (χ1n) is 15.4. The van der Waals surface area contributed by atoms with Gasteiger partial charge in [-0.1, -0.05) is 78.9 Å². The van der Waals surface area contributed by atoms with Crippen LogP contribution in [0.15, 0.2) is 158 Å². The Morgan fingerprint density at radius 3 is 1.72 bits per heavy atom. The van der Waals surface area contributed by atoms with Gasteiger partial charge in [-0.2, -0.15) is 5.26 Å². The topological polar surface area (TPSA) is 46.5 Å². The lowest BCUT2D eigenvalue weighted by atomic mass is 9.99. The Morgan fingerprint density at radius 1 is 0.457 bits per heavy atom. The molecule has 3 aromatic heterocycles. The van der Waals surface area contributed by atoms with E-state index in [-0.39, 0.29) is 0 Å². The van der Waals surface area contributed by atoms with Gasteiger partial charge < -0.3 is 9.13 Å². The Bertz CT molecular complexity index is 2600. The molecule has 0 atom stereocenters. The van der Waals surface area contributed by atoms with Crippen molar-refractivity contribution in [3.05, 3.63) is 163 Å². The molecule has 0 saturated heterocycles. The quantitative estimate of drug-likeness (QED) is 0.206. The van der Waals surface area contributed by atoms with E-state index >= 15 is 0 Å². The average Bonchev–Trinajstić information content (AvgIpc) is 3.64. The lowest BCUT2D eigenvalue weighted by Crippen LogP contribution is -1.97. The van der Waals surface area contributed by atoms with Gasteiger partial charge in [-0.05, 0) is 78.4 Å². The second-order valence-electron chi connectivity index (χ2n) is 11.6. The fraction of sp³-hybridized carbons (Fsp3) is 0. The Balaban J connectivity index is 1.23. The van der Waals surface area contributed by atoms with Crippen LogP contribution in [0.3, 0.4) is 0 Å². The third-order valence-electron chi connectivity index (χ3n) is 9.01. The highest BCUT2D eigenvalue weighted by atomic mass is 15.0. The number of benzene rings is 6. The van der Waals surface area contributed by atoms with Gasteiger partial charge in [-0.25, -0.2) is 0 Å². The lowest BCUT2D eigenvalue weighted by molar-refractivity contribution is 1.17. The lowest BCUT2D eigenvalue weighted by Gasteiger charge is -2.14. The molecule has 0 saturated carbocycles. The molecule has 0 spiro atoms. The predicted octanol–water partition coefficient (Wildman–Crippen LogP) is 10.5. The van der Waals surface area contributed by atoms with Crippen LogP contribution in [0.1, 0.15) is 5.56 Å². The maximum atomic E-state index is 10.2. The van der Waals surface area contributed by atoms with Gasteiger partial charge in [0.1, 0.15) is 0 Å². The zero-order valence-electron chi connectivity index (χ0n) is 24.8. The van der Waals surface area contributed by atoms with Crippen molar-refractivity contribution in [1.29, 1.82) is 5.26 Å². The average molecular weight is 587 g/mol. The van der Waals surface area contributed by atoms with Gasteiger partial charge in [-0.15, -0.1) is 0 Å². The van der Waals surface area contributed by atoms with Crippen LogP contribution in [-0.4, -0.2) is 14.1 Å². The fourth-order valence-electron chi connectivity index (χ4n) is 6.96. The molecule has 9 aromatic rings. The van der Waals surface area contributed by atoms with E-state index in [0.29, 0.717) is 5.56 Å². The van der Waals surface area contributed by atoms with Crippen LogP contribution in [-0.2, 0) is 0 Å². The van der Waals surface area contributed by atoms with Crippen molar-refractivity contribution in [2.75, 3.05) is 0 Å². The molecule has 0 unspecified atom stereocenters. The van der Waals surface area contributed by atoms with E-state index in [0.717, 1.165) is 55.8 Å². The highest BCUT2D eigenvalue weighted by Crippen LogP contribution is 2.37. The Hall–Kier alpha value is -6.44. The molecular weight excluding hydrogens is 560 g/mol. The molecule has 4 nitrogen and oxygen atoms in total. The molecule has 9 rings (SSSR count). The number of hydrogen-bond donors (Lipinski definition) is 0. The summed E-state index contributed by atoms with van der Waals surface area (Å²) < 4.78 is 4.62. The largest absolute Gasteiger partial charge is 0.309 e. The summed E-state index contributed by atoms with van der Waals surface area (Å²) in [6.45, 7) is 0. The van der Waals surface area contributed by atoms with Gasteiger partial charge in [0.2, 0.25) is 0 Å². The Morgan fingerprint density at radius 2 is 1.07 bits per heavy atom. The number of para-hydroxylation sites is 3. The zero-order valence-corrected chi connectivity index (χ0v) is 24.8. The number of hydrogen-bond acceptors (Lipinski definition) is 2. The summed E-state index contributed by atoms with van der Waals surface area (Å²) in [4.78, 5) is 4.59. The first-order valence-corrected chi connectivity index (χ1v) is 15.4.